The summed E-state index contributed by atoms with van der Waals surface area (Å²) in [4.78, 5) is 35.8. The summed E-state index contributed by atoms with van der Waals surface area (Å²) in [6.07, 6.45) is 0.590. The molecule has 2 amide bonds. The lowest BCUT2D eigenvalue weighted by atomic mass is 9.93. The van der Waals surface area contributed by atoms with E-state index in [2.05, 4.69) is 25.9 Å². The molecule has 4 rings (SSSR count). The van der Waals surface area contributed by atoms with E-state index in [0.29, 0.717) is 40.8 Å². The second-order valence-electron chi connectivity index (χ2n) is 8.59. The van der Waals surface area contributed by atoms with Crippen LogP contribution in [0, 0.1) is 18.6 Å². The number of nitrogens with one attached hydrogen (secondary N) is 3. The van der Waals surface area contributed by atoms with Gasteiger partial charge in [0.15, 0.2) is 5.82 Å². The molecule has 8 nitrogen and oxygen atoms in total. The second kappa shape index (κ2) is 9.28. The monoisotopic (exact) mass is 480 g/mol. The Bertz CT molecular complexity index is 1300. The van der Waals surface area contributed by atoms with Crippen molar-refractivity contribution in [1.29, 1.82) is 0 Å². The molecular formula is C25H26F2N6O2. The Morgan fingerprint density at radius 3 is 2.51 bits per heavy atom. The Balaban J connectivity index is 1.48. The van der Waals surface area contributed by atoms with E-state index < -0.39 is 23.1 Å². The molecule has 1 atom stereocenters. The van der Waals surface area contributed by atoms with E-state index in [4.69, 9.17) is 0 Å². The first-order valence-corrected chi connectivity index (χ1v) is 11.2. The number of amides is 2. The van der Waals surface area contributed by atoms with Crippen LogP contribution in [0.1, 0.15) is 41.9 Å². The molecule has 2 aromatic carbocycles. The van der Waals surface area contributed by atoms with Gasteiger partial charge in [0.1, 0.15) is 22.9 Å². The molecule has 35 heavy (non-hydrogen) atoms. The summed E-state index contributed by atoms with van der Waals surface area (Å²) < 4.78 is 27.8. The first-order chi connectivity index (χ1) is 16.6. The van der Waals surface area contributed by atoms with Gasteiger partial charge in [0, 0.05) is 30.4 Å². The van der Waals surface area contributed by atoms with Crippen molar-refractivity contribution in [2.24, 2.45) is 0 Å². The molecule has 1 aromatic heterocycles. The largest absolute Gasteiger partial charge is 0.350 e. The van der Waals surface area contributed by atoms with E-state index in [1.807, 2.05) is 25.8 Å². The van der Waals surface area contributed by atoms with Crippen LogP contribution in [0.2, 0.25) is 0 Å². The quantitative estimate of drug-likeness (QED) is 0.481. The molecule has 0 bridgehead atoms. The molecule has 3 aromatic rings. The van der Waals surface area contributed by atoms with E-state index in [-0.39, 0.29) is 18.0 Å². The lowest BCUT2D eigenvalue weighted by Gasteiger charge is -2.42. The summed E-state index contributed by atoms with van der Waals surface area (Å²) in [5, 5.41) is 8.52. The molecule has 0 spiro atoms. The van der Waals surface area contributed by atoms with E-state index in [1.54, 1.807) is 6.92 Å². The SMILES string of the molecule is CC[C@]1(C)C(=O)Nc2c(C)nc(NCc3ccc(C(=O)Nc4ccc(F)cc4)cc3F)nc2N1C. The molecule has 0 fully saturated rings. The van der Waals surface area contributed by atoms with Gasteiger partial charge in [-0.1, -0.05) is 13.0 Å². The summed E-state index contributed by atoms with van der Waals surface area (Å²) in [5.74, 6) is -0.736. The number of likely N-dealkylation sites (N-methyl/N-ethyl adjacent to an activating group) is 1. The zero-order valence-electron chi connectivity index (χ0n) is 19.9. The van der Waals surface area contributed by atoms with Crippen molar-refractivity contribution in [3.63, 3.8) is 0 Å². The van der Waals surface area contributed by atoms with Crippen LogP contribution in [0.3, 0.4) is 0 Å². The molecule has 1 aliphatic heterocycles. The van der Waals surface area contributed by atoms with Crippen LogP contribution in [0.25, 0.3) is 0 Å². The molecule has 0 aliphatic carbocycles. The highest BCUT2D eigenvalue weighted by molar-refractivity contribution is 6.06. The van der Waals surface area contributed by atoms with Gasteiger partial charge >= 0.3 is 0 Å². The molecule has 182 valence electrons. The standard InChI is InChI=1S/C25H26F2N6O2/c1-5-25(3)23(35)31-20-14(2)29-24(32-21(20)33(25)4)28-13-16-7-6-15(12-19(16)27)22(34)30-18-10-8-17(26)9-11-18/h6-12H,5,13H2,1-4H3,(H,30,34)(H,31,35)(H,28,29,32)/t25-/m1/s1. The highest BCUT2D eigenvalue weighted by Crippen LogP contribution is 2.37. The van der Waals surface area contributed by atoms with Crippen molar-refractivity contribution in [2.45, 2.75) is 39.3 Å². The van der Waals surface area contributed by atoms with Gasteiger partial charge in [0.2, 0.25) is 11.9 Å². The number of fused-ring (bicyclic) bond motifs is 1. The minimum absolute atomic E-state index is 0.0883. The number of halogens is 2. The number of rotatable bonds is 6. The minimum atomic E-state index is -0.749. The van der Waals surface area contributed by atoms with Gasteiger partial charge in [-0.2, -0.15) is 4.98 Å². The number of carbonyl (C=O) groups excluding carboxylic acids is 2. The van der Waals surface area contributed by atoms with Gasteiger partial charge in [-0.3, -0.25) is 9.59 Å². The van der Waals surface area contributed by atoms with Gasteiger partial charge in [0.05, 0.1) is 5.69 Å². The highest BCUT2D eigenvalue weighted by atomic mass is 19.1. The van der Waals surface area contributed by atoms with Crippen molar-refractivity contribution in [3.05, 3.63) is 70.9 Å². The normalized spacial score (nSPS) is 17.0. The maximum Gasteiger partial charge on any atom is 0.255 e. The van der Waals surface area contributed by atoms with Gasteiger partial charge in [-0.05, 0) is 56.7 Å². The van der Waals surface area contributed by atoms with E-state index in [9.17, 15) is 18.4 Å². The van der Waals surface area contributed by atoms with Crippen LogP contribution in [-0.4, -0.2) is 34.4 Å². The van der Waals surface area contributed by atoms with Crippen LogP contribution in [0.5, 0.6) is 0 Å². The summed E-state index contributed by atoms with van der Waals surface area (Å²) in [6.45, 7) is 5.63. The van der Waals surface area contributed by atoms with Crippen molar-refractivity contribution in [1.82, 2.24) is 9.97 Å². The Hall–Kier alpha value is -4.08. The smallest absolute Gasteiger partial charge is 0.255 e. The topological polar surface area (TPSA) is 99.2 Å². The maximum absolute atomic E-state index is 14.7. The molecule has 10 heteroatoms. The average molecular weight is 481 g/mol. The third-order valence-electron chi connectivity index (χ3n) is 6.40. The molecule has 0 radical (unpaired) electrons. The van der Waals surface area contributed by atoms with Crippen molar-refractivity contribution >= 4 is 35.0 Å². The van der Waals surface area contributed by atoms with Crippen molar-refractivity contribution in [2.75, 3.05) is 27.9 Å². The van der Waals surface area contributed by atoms with Gasteiger partial charge in [0.25, 0.3) is 5.91 Å². The maximum atomic E-state index is 14.7. The van der Waals surface area contributed by atoms with Crippen LogP contribution < -0.4 is 20.9 Å². The number of anilines is 4. The minimum Gasteiger partial charge on any atom is -0.350 e. The Morgan fingerprint density at radius 2 is 1.86 bits per heavy atom. The molecule has 0 saturated heterocycles. The summed E-state index contributed by atoms with van der Waals surface area (Å²) >= 11 is 0. The van der Waals surface area contributed by atoms with Gasteiger partial charge in [-0.15, -0.1) is 0 Å². The van der Waals surface area contributed by atoms with Crippen molar-refractivity contribution in [3.8, 4) is 0 Å². The molecule has 1 aliphatic rings. The van der Waals surface area contributed by atoms with Crippen LogP contribution in [-0.2, 0) is 11.3 Å². The van der Waals surface area contributed by atoms with Gasteiger partial charge < -0.3 is 20.9 Å². The summed E-state index contributed by atoms with van der Waals surface area (Å²) in [5.41, 5.74) is 1.25. The third-order valence-corrected chi connectivity index (χ3v) is 6.40. The van der Waals surface area contributed by atoms with E-state index in [1.165, 1.54) is 36.4 Å². The summed E-state index contributed by atoms with van der Waals surface area (Å²) in [6, 6.07) is 9.46. The van der Waals surface area contributed by atoms with Gasteiger partial charge in [-0.25, -0.2) is 13.8 Å². The zero-order chi connectivity index (χ0) is 25.3. The lowest BCUT2D eigenvalue weighted by molar-refractivity contribution is -0.121. The zero-order valence-corrected chi connectivity index (χ0v) is 19.9. The number of hydrogen-bond acceptors (Lipinski definition) is 6. The Morgan fingerprint density at radius 1 is 1.14 bits per heavy atom. The van der Waals surface area contributed by atoms with Crippen molar-refractivity contribution < 1.29 is 18.4 Å². The summed E-state index contributed by atoms with van der Waals surface area (Å²) in [7, 11) is 1.81. The molecule has 0 saturated carbocycles. The Labute approximate surface area is 201 Å². The number of nitrogens with zero attached hydrogens (tertiary/aromatic N) is 3. The fourth-order valence-electron chi connectivity index (χ4n) is 3.80. The first-order valence-electron chi connectivity index (χ1n) is 11.2. The lowest BCUT2D eigenvalue weighted by Crippen LogP contribution is -2.56. The molecule has 2 heterocycles. The third kappa shape index (κ3) is 4.64. The van der Waals surface area contributed by atoms with Crippen LogP contribution >= 0.6 is 0 Å². The fraction of sp³-hybridized carbons (Fsp3) is 0.280. The first kappa shape index (κ1) is 24.1. The van der Waals surface area contributed by atoms with Crippen LogP contribution in [0.15, 0.2) is 42.5 Å². The number of benzene rings is 2. The van der Waals surface area contributed by atoms with E-state index >= 15 is 0 Å². The Kier molecular flexibility index (Phi) is 6.38. The highest BCUT2D eigenvalue weighted by Gasteiger charge is 2.42. The molecule has 0 unspecified atom stereocenters. The van der Waals surface area contributed by atoms with Crippen LogP contribution in [0.4, 0.5) is 31.9 Å². The number of carbonyl (C=O) groups is 2. The predicted octanol–water partition coefficient (Wildman–Crippen LogP) is 4.48. The number of aromatic nitrogens is 2. The fourth-order valence-corrected chi connectivity index (χ4v) is 3.80. The predicted molar refractivity (Wildman–Crippen MR) is 131 cm³/mol. The van der Waals surface area contributed by atoms with E-state index in [0.717, 1.165) is 6.07 Å². The second-order valence-corrected chi connectivity index (χ2v) is 8.59. The average Bonchev–Trinajstić information content (AvgIpc) is 2.84. The molecular weight excluding hydrogens is 454 g/mol. The number of hydrogen-bond donors (Lipinski definition) is 3. The number of aryl methyl sites for hydroxylation is 1. The molecule has 3 N–H and O–H groups in total.